The Hall–Kier alpha value is -4.80. The number of anilines is 5. The monoisotopic (exact) mass is 540 g/mol. The van der Waals surface area contributed by atoms with Crippen LogP contribution in [-0.2, 0) is 10.0 Å². The van der Waals surface area contributed by atoms with Crippen LogP contribution in [0.3, 0.4) is 0 Å². The zero-order valence-corrected chi connectivity index (χ0v) is 22.2. The first kappa shape index (κ1) is 27.2. The normalized spacial score (nSPS) is 10.7. The fraction of sp³-hybridized carbons (Fsp3) is 0.0690. The van der Waals surface area contributed by atoms with Crippen LogP contribution in [0.15, 0.2) is 108 Å². The number of nitrogens with one attached hydrogen (secondary N) is 3. The van der Waals surface area contributed by atoms with Gasteiger partial charge in [-0.15, -0.1) is 0 Å². The van der Waals surface area contributed by atoms with Crippen LogP contribution >= 0.6 is 0 Å². The Balaban J connectivity index is 0.00000172. The van der Waals surface area contributed by atoms with Gasteiger partial charge in [0, 0.05) is 58.0 Å². The fourth-order valence-corrected chi connectivity index (χ4v) is 4.25. The van der Waals surface area contributed by atoms with Gasteiger partial charge in [-0.25, -0.2) is 13.6 Å². The molecule has 10 heteroatoms. The van der Waals surface area contributed by atoms with Crippen molar-refractivity contribution in [2.24, 2.45) is 5.14 Å². The quantitative estimate of drug-likeness (QED) is 0.197. The lowest BCUT2D eigenvalue weighted by molar-refractivity contribution is 0.102. The largest absolute Gasteiger partial charge is 0.355 e. The molecular weight excluding hydrogens is 512 g/mol. The van der Waals surface area contributed by atoms with Gasteiger partial charge in [0.25, 0.3) is 5.91 Å². The van der Waals surface area contributed by atoms with Crippen LogP contribution in [0.4, 0.5) is 28.4 Å². The van der Waals surface area contributed by atoms with Crippen LogP contribution in [0, 0.1) is 0 Å². The third-order valence-electron chi connectivity index (χ3n) is 5.58. The van der Waals surface area contributed by atoms with Crippen molar-refractivity contribution in [3.8, 4) is 0 Å². The zero-order chi connectivity index (χ0) is 27.8. The number of benzene rings is 3. The van der Waals surface area contributed by atoms with Crippen molar-refractivity contribution in [2.75, 3.05) is 16.0 Å². The van der Waals surface area contributed by atoms with E-state index in [2.05, 4.69) is 25.9 Å². The molecule has 0 fully saturated rings. The molecule has 0 atom stereocenters. The van der Waals surface area contributed by atoms with Gasteiger partial charge in [-0.2, -0.15) is 0 Å². The number of primary sulfonamides is 1. The topological polar surface area (TPSA) is 139 Å². The molecule has 0 spiro atoms. The predicted molar refractivity (Wildman–Crippen MR) is 156 cm³/mol. The zero-order valence-electron chi connectivity index (χ0n) is 21.4. The Morgan fingerprint density at radius 1 is 0.718 bits per heavy atom. The molecule has 0 saturated carbocycles. The predicted octanol–water partition coefficient (Wildman–Crippen LogP) is 6.04. The summed E-state index contributed by atoms with van der Waals surface area (Å²) < 4.78 is 23.5. The Kier molecular flexibility index (Phi) is 8.50. The number of carbonyl (C=O) groups excluding carboxylic acids is 1. The maximum atomic E-state index is 12.7. The summed E-state index contributed by atoms with van der Waals surface area (Å²) in [6.07, 6.45) is 5.05. The molecule has 0 radical (unpaired) electrons. The summed E-state index contributed by atoms with van der Waals surface area (Å²) in [5, 5.41) is 15.3. The highest BCUT2D eigenvalue weighted by molar-refractivity contribution is 7.89. The van der Waals surface area contributed by atoms with Crippen LogP contribution in [0.5, 0.6) is 0 Å². The minimum absolute atomic E-state index is 0.00393. The highest BCUT2D eigenvalue weighted by Gasteiger charge is 2.12. The van der Waals surface area contributed by atoms with Crippen LogP contribution in [0.2, 0.25) is 0 Å². The van der Waals surface area contributed by atoms with Crippen LogP contribution in [0.1, 0.15) is 24.2 Å². The summed E-state index contributed by atoms with van der Waals surface area (Å²) in [4.78, 5) is 21.0. The van der Waals surface area contributed by atoms with Gasteiger partial charge in [-0.05, 0) is 84.9 Å². The minimum Gasteiger partial charge on any atom is -0.355 e. The Morgan fingerprint density at radius 3 is 1.97 bits per heavy atom. The maximum Gasteiger partial charge on any atom is 0.255 e. The van der Waals surface area contributed by atoms with E-state index in [1.807, 2.05) is 50.2 Å². The summed E-state index contributed by atoms with van der Waals surface area (Å²) >= 11 is 0. The van der Waals surface area contributed by atoms with Crippen molar-refractivity contribution < 1.29 is 13.2 Å². The molecule has 0 bridgehead atoms. The number of fused-ring (bicyclic) bond motifs is 1. The molecule has 0 saturated heterocycles. The molecule has 9 nitrogen and oxygen atoms in total. The molecular formula is C29H28N6O3S. The first-order valence-corrected chi connectivity index (χ1v) is 13.8. The lowest BCUT2D eigenvalue weighted by Gasteiger charge is -2.11. The number of pyridine rings is 2. The standard InChI is InChI=1S/C27H22N6O3S.C2H6/c28-37(35,36)23-9-10-25-24(17-23)26(13-16-30-25)32-20-3-1-18(2-4-20)27(34)33-21-7-5-19(6-8-21)31-22-11-14-29-15-12-22;1-2/h1-17H,(H,29,31)(H,30,32)(H,33,34)(H2,28,35,36);1-2H3. The van der Waals surface area contributed by atoms with E-state index in [-0.39, 0.29) is 10.8 Å². The summed E-state index contributed by atoms with van der Waals surface area (Å²) in [6, 6.07) is 24.3. The molecule has 2 heterocycles. The summed E-state index contributed by atoms with van der Waals surface area (Å²) in [6.45, 7) is 4.00. The number of rotatable bonds is 7. The Labute approximate surface area is 227 Å². The van der Waals surface area contributed by atoms with Crippen molar-refractivity contribution in [1.29, 1.82) is 0 Å². The van der Waals surface area contributed by atoms with Gasteiger partial charge >= 0.3 is 0 Å². The van der Waals surface area contributed by atoms with E-state index in [0.717, 1.165) is 17.1 Å². The van der Waals surface area contributed by atoms with E-state index in [1.54, 1.807) is 55.0 Å². The first-order valence-electron chi connectivity index (χ1n) is 12.2. The molecule has 2 aromatic heterocycles. The molecule has 5 rings (SSSR count). The molecule has 198 valence electrons. The van der Waals surface area contributed by atoms with Gasteiger partial charge in [0.15, 0.2) is 0 Å². The second-order valence-electron chi connectivity index (χ2n) is 8.18. The Bertz CT molecular complexity index is 1670. The number of carbonyl (C=O) groups is 1. The third-order valence-corrected chi connectivity index (χ3v) is 6.49. The van der Waals surface area contributed by atoms with E-state index in [0.29, 0.717) is 27.8 Å². The number of sulfonamides is 1. The SMILES string of the molecule is CC.NS(=O)(=O)c1ccc2nccc(Nc3ccc(C(=O)Nc4ccc(Nc5ccncc5)cc4)cc3)c2c1. The lowest BCUT2D eigenvalue weighted by Crippen LogP contribution is -2.12. The van der Waals surface area contributed by atoms with Gasteiger partial charge < -0.3 is 16.0 Å². The summed E-state index contributed by atoms with van der Waals surface area (Å²) in [5.74, 6) is -0.242. The van der Waals surface area contributed by atoms with Crippen LogP contribution in [-0.4, -0.2) is 24.3 Å². The molecule has 5 aromatic rings. The van der Waals surface area contributed by atoms with Gasteiger partial charge in [0.2, 0.25) is 10.0 Å². The van der Waals surface area contributed by atoms with E-state index >= 15 is 0 Å². The van der Waals surface area contributed by atoms with Gasteiger partial charge in [0.05, 0.1) is 10.4 Å². The molecule has 39 heavy (non-hydrogen) atoms. The van der Waals surface area contributed by atoms with Gasteiger partial charge in [-0.1, -0.05) is 13.8 Å². The highest BCUT2D eigenvalue weighted by atomic mass is 32.2. The fourth-order valence-electron chi connectivity index (χ4n) is 3.71. The molecule has 0 aliphatic carbocycles. The molecule has 0 unspecified atom stereocenters. The molecule has 0 aliphatic heterocycles. The van der Waals surface area contributed by atoms with Gasteiger partial charge in [0.1, 0.15) is 0 Å². The number of hydrogen-bond acceptors (Lipinski definition) is 7. The second kappa shape index (κ2) is 12.2. The number of nitrogens with two attached hydrogens (primary N) is 1. The van der Waals surface area contributed by atoms with Crippen molar-refractivity contribution in [3.63, 3.8) is 0 Å². The van der Waals surface area contributed by atoms with Crippen molar-refractivity contribution >= 4 is 55.3 Å². The van der Waals surface area contributed by atoms with E-state index < -0.39 is 10.0 Å². The van der Waals surface area contributed by atoms with E-state index in [1.165, 1.54) is 12.1 Å². The average Bonchev–Trinajstić information content (AvgIpc) is 2.95. The lowest BCUT2D eigenvalue weighted by atomic mass is 10.1. The molecule has 5 N–H and O–H groups in total. The van der Waals surface area contributed by atoms with E-state index in [9.17, 15) is 13.2 Å². The molecule has 3 aromatic carbocycles. The second-order valence-corrected chi connectivity index (χ2v) is 9.74. The minimum atomic E-state index is -3.85. The van der Waals surface area contributed by atoms with Gasteiger partial charge in [-0.3, -0.25) is 14.8 Å². The summed E-state index contributed by atoms with van der Waals surface area (Å²) in [5.41, 5.74) is 4.96. The third kappa shape index (κ3) is 6.95. The van der Waals surface area contributed by atoms with Crippen molar-refractivity contribution in [1.82, 2.24) is 9.97 Å². The number of hydrogen-bond donors (Lipinski definition) is 4. The molecule has 1 amide bonds. The summed E-state index contributed by atoms with van der Waals surface area (Å²) in [7, 11) is -3.85. The molecule has 0 aliphatic rings. The van der Waals surface area contributed by atoms with Crippen LogP contribution in [0.25, 0.3) is 10.9 Å². The van der Waals surface area contributed by atoms with Crippen molar-refractivity contribution in [2.45, 2.75) is 18.7 Å². The smallest absolute Gasteiger partial charge is 0.255 e. The van der Waals surface area contributed by atoms with Crippen molar-refractivity contribution in [3.05, 3.63) is 109 Å². The maximum absolute atomic E-state index is 12.7. The number of aromatic nitrogens is 2. The van der Waals surface area contributed by atoms with E-state index in [4.69, 9.17) is 5.14 Å². The number of amides is 1. The Morgan fingerprint density at radius 2 is 1.31 bits per heavy atom. The number of nitrogens with zero attached hydrogens (tertiary/aromatic N) is 2. The highest BCUT2D eigenvalue weighted by Crippen LogP contribution is 2.27. The average molecular weight is 541 g/mol. The first-order chi connectivity index (χ1) is 18.8. The van der Waals surface area contributed by atoms with Crippen LogP contribution < -0.4 is 21.1 Å².